The van der Waals surface area contributed by atoms with Gasteiger partial charge in [0.2, 0.25) is 7.05 Å². The molecule has 2 nitrogen and oxygen atoms in total. The number of hydrogen-bond donors (Lipinski definition) is 0. The largest absolute Gasteiger partial charge is 0.355 e. The Bertz CT molecular complexity index is 201. The molecule has 0 unspecified atom stereocenters. The van der Waals surface area contributed by atoms with Crippen molar-refractivity contribution in [2.75, 3.05) is 7.05 Å². The van der Waals surface area contributed by atoms with Crippen LogP contribution in [0.5, 0.6) is 0 Å². The zero-order chi connectivity index (χ0) is 9.98. The number of aromatic nitrogens is 1. The van der Waals surface area contributed by atoms with Gasteiger partial charge in [-0.1, -0.05) is 13.8 Å². The van der Waals surface area contributed by atoms with Crippen molar-refractivity contribution in [1.29, 1.82) is 0 Å². The maximum atomic E-state index is 5.83. The molecule has 2 heteroatoms. The molecule has 0 spiro atoms. The molecule has 0 radical (unpaired) electrons. The van der Waals surface area contributed by atoms with Gasteiger partial charge >= 0.3 is 0 Å². The van der Waals surface area contributed by atoms with Crippen molar-refractivity contribution in [3.8, 4) is 0 Å². The third-order valence-corrected chi connectivity index (χ3v) is 1.20. The summed E-state index contributed by atoms with van der Waals surface area (Å²) in [5, 5.41) is 0. The molecule has 0 fully saturated rings. The molecule has 1 heterocycles. The fraction of sp³-hybridized carbons (Fsp3) is 0.500. The fourth-order valence-corrected chi connectivity index (χ4v) is 0.547. The van der Waals surface area contributed by atoms with E-state index in [4.69, 9.17) is 6.57 Å². The van der Waals surface area contributed by atoms with Gasteiger partial charge in [0.1, 0.15) is 0 Å². The average Bonchev–Trinajstić information content (AvgIpc) is 2.42. The molecule has 1 rings (SSSR count). The predicted octanol–water partition coefficient (Wildman–Crippen LogP) is 2.90. The molecule has 0 saturated carbocycles. The van der Waals surface area contributed by atoms with E-state index in [-0.39, 0.29) is 0 Å². The molecule has 0 amide bonds. The number of rotatable bonds is 0. The summed E-state index contributed by atoms with van der Waals surface area (Å²) in [4.78, 5) is 2.75. The smallest absolute Gasteiger partial charge is 0.205 e. The third kappa shape index (κ3) is 6.88. The Morgan fingerprint density at radius 1 is 1.42 bits per heavy atom. The van der Waals surface area contributed by atoms with Crippen LogP contribution in [0.2, 0.25) is 0 Å². The van der Waals surface area contributed by atoms with Crippen molar-refractivity contribution in [3.63, 3.8) is 0 Å². The summed E-state index contributed by atoms with van der Waals surface area (Å²) in [7, 11) is 3.45. The highest BCUT2D eigenvalue weighted by atomic mass is 14.9. The molecule has 0 bridgehead atoms. The molecule has 0 saturated heterocycles. The first-order chi connectivity index (χ1) is 5.72. The summed E-state index contributed by atoms with van der Waals surface area (Å²) in [6.07, 6.45) is 2.04. The summed E-state index contributed by atoms with van der Waals surface area (Å²) in [6.45, 7) is 11.9. The average molecular weight is 166 g/mol. The topological polar surface area (TPSA) is 9.29 Å². The Hall–Kier alpha value is -1.23. The molecule has 0 atom stereocenters. The number of aryl methyl sites for hydroxylation is 2. The normalized spacial score (nSPS) is 6.67. The van der Waals surface area contributed by atoms with Crippen LogP contribution in [0.1, 0.15) is 19.5 Å². The van der Waals surface area contributed by atoms with Gasteiger partial charge in [-0.25, -0.2) is 6.57 Å². The lowest BCUT2D eigenvalue weighted by Gasteiger charge is -1.89. The molecule has 0 aliphatic rings. The lowest BCUT2D eigenvalue weighted by Crippen LogP contribution is -1.84. The highest BCUT2D eigenvalue weighted by Gasteiger charge is 1.81. The molecule has 0 N–H and O–H groups in total. The fourth-order valence-electron chi connectivity index (χ4n) is 0.547. The van der Waals surface area contributed by atoms with Gasteiger partial charge < -0.3 is 9.41 Å². The van der Waals surface area contributed by atoms with Crippen molar-refractivity contribution in [1.82, 2.24) is 4.57 Å². The van der Waals surface area contributed by atoms with Crippen LogP contribution in [-0.2, 0) is 7.05 Å². The van der Waals surface area contributed by atoms with Gasteiger partial charge in [0, 0.05) is 18.9 Å². The minimum atomic E-state index is 1.31. The second-order valence-corrected chi connectivity index (χ2v) is 1.98. The van der Waals surface area contributed by atoms with E-state index in [1.807, 2.05) is 33.2 Å². The quantitative estimate of drug-likeness (QED) is 0.524. The first kappa shape index (κ1) is 13.4. The molecule has 0 aliphatic carbocycles. The Kier molecular flexibility index (Phi) is 10.9. The van der Waals surface area contributed by atoms with Crippen LogP contribution in [0.4, 0.5) is 0 Å². The zero-order valence-corrected chi connectivity index (χ0v) is 8.63. The molecule has 12 heavy (non-hydrogen) atoms. The van der Waals surface area contributed by atoms with E-state index in [2.05, 4.69) is 22.4 Å². The summed E-state index contributed by atoms with van der Waals surface area (Å²) >= 11 is 0. The Morgan fingerprint density at radius 3 is 1.92 bits per heavy atom. The Labute approximate surface area is 75.7 Å². The zero-order valence-electron chi connectivity index (χ0n) is 8.63. The Morgan fingerprint density at radius 2 is 1.83 bits per heavy atom. The van der Waals surface area contributed by atoms with Crippen molar-refractivity contribution in [3.05, 3.63) is 35.4 Å². The Balaban J connectivity index is 0. The highest BCUT2D eigenvalue weighted by molar-refractivity contribution is 5.02. The molecule has 1 aromatic heterocycles. The standard InChI is InChI=1S/C6H9N.C2H3N.C2H6/c1-6-4-3-5-7(6)2;1-3-2;1-2/h3-5H,1-2H3;1H3;1-2H3. The molecule has 1 aromatic rings. The van der Waals surface area contributed by atoms with Crippen LogP contribution in [-0.4, -0.2) is 11.6 Å². The monoisotopic (exact) mass is 166 g/mol. The van der Waals surface area contributed by atoms with Crippen molar-refractivity contribution in [2.45, 2.75) is 20.8 Å². The molecule has 0 aromatic carbocycles. The van der Waals surface area contributed by atoms with Crippen molar-refractivity contribution >= 4 is 0 Å². The van der Waals surface area contributed by atoms with Gasteiger partial charge in [0.05, 0.1) is 0 Å². The van der Waals surface area contributed by atoms with Crippen LogP contribution in [0.3, 0.4) is 0 Å². The second-order valence-electron chi connectivity index (χ2n) is 1.98. The maximum absolute atomic E-state index is 5.83. The van der Waals surface area contributed by atoms with E-state index in [9.17, 15) is 0 Å². The highest BCUT2D eigenvalue weighted by Crippen LogP contribution is 1.93. The second kappa shape index (κ2) is 9.77. The summed E-state index contributed by atoms with van der Waals surface area (Å²) in [5.41, 5.74) is 1.31. The van der Waals surface area contributed by atoms with E-state index < -0.39 is 0 Å². The van der Waals surface area contributed by atoms with Gasteiger partial charge in [-0.3, -0.25) is 0 Å². The van der Waals surface area contributed by atoms with Gasteiger partial charge in [-0.15, -0.1) is 0 Å². The molecule has 0 aliphatic heterocycles. The van der Waals surface area contributed by atoms with E-state index >= 15 is 0 Å². The summed E-state index contributed by atoms with van der Waals surface area (Å²) in [6, 6.07) is 4.12. The van der Waals surface area contributed by atoms with Crippen LogP contribution < -0.4 is 0 Å². The SMILES string of the molecule is CC.Cc1cccn1C.[C-]#[N+]C. The minimum Gasteiger partial charge on any atom is -0.355 e. The van der Waals surface area contributed by atoms with Gasteiger partial charge in [0.25, 0.3) is 0 Å². The van der Waals surface area contributed by atoms with E-state index in [0.29, 0.717) is 0 Å². The van der Waals surface area contributed by atoms with Gasteiger partial charge in [0.15, 0.2) is 0 Å². The van der Waals surface area contributed by atoms with Gasteiger partial charge in [-0.05, 0) is 19.1 Å². The van der Waals surface area contributed by atoms with E-state index in [1.54, 1.807) is 0 Å². The molecular weight excluding hydrogens is 148 g/mol. The predicted molar refractivity (Wildman–Crippen MR) is 54.0 cm³/mol. The van der Waals surface area contributed by atoms with Crippen LogP contribution >= 0.6 is 0 Å². The van der Waals surface area contributed by atoms with Crippen LogP contribution in [0.15, 0.2) is 18.3 Å². The lowest BCUT2D eigenvalue weighted by molar-refractivity contribution is 0.882. The molecular formula is C10H18N2. The van der Waals surface area contributed by atoms with Crippen molar-refractivity contribution < 1.29 is 0 Å². The maximum Gasteiger partial charge on any atom is 0.205 e. The minimum absolute atomic E-state index is 1.31. The molecule has 68 valence electrons. The van der Waals surface area contributed by atoms with E-state index in [1.165, 1.54) is 12.7 Å². The van der Waals surface area contributed by atoms with Crippen molar-refractivity contribution in [2.24, 2.45) is 7.05 Å². The first-order valence-corrected chi connectivity index (χ1v) is 4.06. The van der Waals surface area contributed by atoms with Crippen LogP contribution in [0, 0.1) is 13.5 Å². The van der Waals surface area contributed by atoms with Crippen LogP contribution in [0.25, 0.3) is 4.85 Å². The lowest BCUT2D eigenvalue weighted by atomic mass is 10.5. The summed E-state index contributed by atoms with van der Waals surface area (Å²) in [5.74, 6) is 0. The van der Waals surface area contributed by atoms with Gasteiger partial charge in [-0.2, -0.15) is 0 Å². The number of hydrogen-bond acceptors (Lipinski definition) is 0. The van der Waals surface area contributed by atoms with E-state index in [0.717, 1.165) is 0 Å². The third-order valence-electron chi connectivity index (χ3n) is 1.20. The summed E-state index contributed by atoms with van der Waals surface area (Å²) < 4.78 is 2.08. The first-order valence-electron chi connectivity index (χ1n) is 4.06. The number of nitrogens with zero attached hydrogens (tertiary/aromatic N) is 2.